The van der Waals surface area contributed by atoms with Crippen LogP contribution in [0.3, 0.4) is 0 Å². The molecule has 0 saturated carbocycles. The highest BCUT2D eigenvalue weighted by Crippen LogP contribution is 2.57. The van der Waals surface area contributed by atoms with E-state index in [9.17, 15) is 157 Å². The lowest BCUT2D eigenvalue weighted by atomic mass is 9.80. The van der Waals surface area contributed by atoms with Crippen molar-refractivity contribution in [3.8, 4) is 86.2 Å². The van der Waals surface area contributed by atoms with Crippen LogP contribution in [0.1, 0.15) is 89.2 Å². The van der Waals surface area contributed by atoms with Crippen LogP contribution in [0.15, 0.2) is 71.9 Å². The SMILES string of the molecule is CC(=O)NC1COC(CO)[C@@H](O)C1O[C@@H]1OC(C(=O)NCC(c2c(O)cc(O)c3c2O[C@H](c2cc(O)c(O)c(O)c2)[C@H](OC(O)c2cc(O)c(O)c(O)c2)C3)c2c(O)cc(O)c3c2O[C@H](C2C=C(O)C(O)=C(O)C2)[C@H](OC(=O)c2cc(O)c(O)c(O)c2)C3)[C@@H](OC(C)[C@@H]2OC(CO)[C@@H](O)C(O[C@@H]3OC(C(=O)O)[C@@H](O)C(O)C3O)C2NC(C)=O)C(O)C1O. The lowest BCUT2D eigenvalue weighted by Crippen LogP contribution is -2.70. The zero-order valence-electron chi connectivity index (χ0n) is 63.8. The van der Waals surface area contributed by atoms with E-state index in [4.69, 9.17) is 52.1 Å². The number of carbonyl (C=O) groups is 5. The summed E-state index contributed by atoms with van der Waals surface area (Å²) in [7, 11) is 0. The molecule has 1 aliphatic carbocycles. The van der Waals surface area contributed by atoms with E-state index >= 15 is 4.79 Å². The van der Waals surface area contributed by atoms with E-state index in [0.29, 0.717) is 24.3 Å². The lowest BCUT2D eigenvalue weighted by molar-refractivity contribution is -0.339. The first-order valence-electron chi connectivity index (χ1n) is 37.4. The number of phenols is 13. The van der Waals surface area contributed by atoms with Gasteiger partial charge in [0.1, 0.15) is 138 Å². The van der Waals surface area contributed by atoms with Crippen molar-refractivity contribution < 1.29 is 214 Å². The summed E-state index contributed by atoms with van der Waals surface area (Å²) in [4.78, 5) is 68.5. The van der Waals surface area contributed by atoms with Crippen molar-refractivity contribution in [1.82, 2.24) is 16.0 Å². The quantitative estimate of drug-likeness (QED) is 0.0159. The number of phenolic OH excluding ortho intramolecular Hbond substituents is 13. The average Bonchev–Trinajstić information content (AvgIpc) is 0.733. The molecule has 16 unspecified atom stereocenters. The fourth-order valence-corrected chi connectivity index (χ4v) is 15.8. The number of carbonyl (C=O) groups excluding carboxylic acids is 4. The van der Waals surface area contributed by atoms with Crippen molar-refractivity contribution in [2.45, 2.75) is 199 Å². The van der Waals surface area contributed by atoms with Gasteiger partial charge in [0.15, 0.2) is 100 Å². The Morgan fingerprint density at radius 2 is 1.05 bits per heavy atom. The number of aliphatic hydroxyl groups excluding tert-OH is 13. The summed E-state index contributed by atoms with van der Waals surface area (Å²) in [5.41, 5.74) is -3.91. The Morgan fingerprint density at radius 3 is 1.60 bits per heavy atom. The molecule has 3 amide bonds. The summed E-state index contributed by atoms with van der Waals surface area (Å²) < 4.78 is 67.2. The summed E-state index contributed by atoms with van der Waals surface area (Å²) in [5, 5.41) is 308. The number of carboxylic acids is 1. The maximum absolute atomic E-state index is 16.1. The number of fused-ring (bicyclic) bond motifs is 2. The van der Waals surface area contributed by atoms with E-state index in [1.807, 2.05) is 0 Å². The molecule has 46 nitrogen and oxygen atoms in total. The molecular weight excluding hydrogens is 1640 g/mol. The smallest absolute Gasteiger partial charge is 0.338 e. The maximum atomic E-state index is 16.1. The van der Waals surface area contributed by atoms with Gasteiger partial charge in [0.25, 0.3) is 5.91 Å². The molecule has 0 aromatic heterocycles. The normalized spacial score (nSPS) is 31.6. The number of aromatic hydroxyl groups is 13. The second-order valence-electron chi connectivity index (χ2n) is 30.0. The first kappa shape index (κ1) is 89.9. The van der Waals surface area contributed by atoms with Gasteiger partial charge in [-0.15, -0.1) is 0 Å². The van der Waals surface area contributed by atoms with Gasteiger partial charge < -0.3 is 206 Å². The summed E-state index contributed by atoms with van der Waals surface area (Å²) in [5.74, 6) is -28.1. The number of amides is 3. The molecule has 7 aliphatic rings. The Kier molecular flexibility index (Phi) is 26.5. The van der Waals surface area contributed by atoms with Gasteiger partial charge in [-0.2, -0.15) is 0 Å². The molecular formula is C76H89N3O43. The summed E-state index contributed by atoms with van der Waals surface area (Å²) >= 11 is 0. The second kappa shape index (κ2) is 36.0. The Bertz CT molecular complexity index is 4780. The van der Waals surface area contributed by atoms with Crippen LogP contribution in [0.4, 0.5) is 0 Å². The van der Waals surface area contributed by atoms with Gasteiger partial charge in [0.05, 0.1) is 43.6 Å². The number of carboxylic acid groups (broad SMARTS) is 1. The third-order valence-electron chi connectivity index (χ3n) is 21.9. The molecule has 4 saturated heterocycles. The number of hydrogen-bond acceptors (Lipinski definition) is 42. The zero-order valence-corrected chi connectivity index (χ0v) is 63.8. The van der Waals surface area contributed by atoms with Crippen molar-refractivity contribution >= 4 is 29.7 Å². The highest BCUT2D eigenvalue weighted by atomic mass is 16.7. The number of aliphatic carboxylic acids is 1. The van der Waals surface area contributed by atoms with Crippen molar-refractivity contribution in [1.29, 1.82) is 0 Å². The molecule has 12 rings (SSSR count). The predicted octanol–water partition coefficient (Wildman–Crippen LogP) is -4.06. The minimum absolute atomic E-state index is 0.396. The van der Waals surface area contributed by atoms with Gasteiger partial charge in [-0.05, 0) is 49.4 Å². The molecule has 30 N–H and O–H groups in total. The number of allylic oxidation sites excluding steroid dienone is 1. The van der Waals surface area contributed by atoms with Gasteiger partial charge in [0.2, 0.25) is 11.8 Å². The molecule has 6 heterocycles. The first-order valence-corrected chi connectivity index (χ1v) is 37.4. The summed E-state index contributed by atoms with van der Waals surface area (Å²) in [6, 6.07) is 2.48. The summed E-state index contributed by atoms with van der Waals surface area (Å²) in [6.45, 7) is -0.726. The standard InChI is InChI=1S/C76H89N3O43/c1-20(61-49(79-22(3)83)67(55(101)46(18-81)114-61)120-75-59(105)56(102)57(103)69(121-75)72(108)109)113-68-58(104)60(106)76(119-66-30(78-21(2)82)19-112-45(17-80)54(66)100)122-70(68)71(107)77-16-29(47-33(86)14-31(84)27-12-43(115-73(110)25-8-39(92)52(98)40(93)9-25)62(117-64(27)47)23-4-35(88)50(96)36(89)5-23)48-34(87)15-32(85)28-13-44(116-74(111)26-10-41(94)53(99)42(95)11-26)63(118-65(28)48)24-6-37(90)51(97)38(91)7-24/h4-6,8-11,14-15,20,24,29-30,43-46,49,54-63,66-70,73,75-76,80-81,84-106,110H,7,12-13,16-19H2,1-3H3,(H,77,107)(H,78,82)(H,79,83)(H,108,109)/t20?,24?,29?,30?,43-,44-,45?,46?,49?,54-,55-,56?,57+,58?,59?,60?,61+,62-,63-,66?,67?,68+,69?,70?,73?,75-,76-/m1/s1. The predicted molar refractivity (Wildman–Crippen MR) is 393 cm³/mol. The average molecular weight is 1730 g/mol. The van der Waals surface area contributed by atoms with Crippen molar-refractivity contribution in [2.24, 2.45) is 5.92 Å². The van der Waals surface area contributed by atoms with Gasteiger partial charge in [-0.3, -0.25) is 14.4 Å². The molecule has 27 atom stereocenters. The van der Waals surface area contributed by atoms with Crippen molar-refractivity contribution in [3.63, 3.8) is 0 Å². The van der Waals surface area contributed by atoms with E-state index in [1.165, 1.54) is 0 Å². The molecule has 4 fully saturated rings. The lowest BCUT2D eigenvalue weighted by Gasteiger charge is -2.50. The van der Waals surface area contributed by atoms with Crippen LogP contribution in [-0.2, 0) is 74.7 Å². The molecule has 46 heteroatoms. The van der Waals surface area contributed by atoms with Gasteiger partial charge in [-0.1, -0.05) is 0 Å². The van der Waals surface area contributed by atoms with Crippen LogP contribution >= 0.6 is 0 Å². The Morgan fingerprint density at radius 1 is 0.533 bits per heavy atom. The van der Waals surface area contributed by atoms with Crippen LogP contribution in [-0.4, -0.2) is 335 Å². The molecule has 0 spiro atoms. The van der Waals surface area contributed by atoms with E-state index in [-0.39, 0.29) is 0 Å². The Labute approximate surface area is 685 Å². The minimum atomic E-state index is -2.57. The van der Waals surface area contributed by atoms with Crippen LogP contribution in [0.5, 0.6) is 86.2 Å². The number of ether oxygens (including phenoxy) is 11. The Balaban J connectivity index is 1.01. The minimum Gasteiger partial charge on any atom is -0.508 e. The number of hydrogen-bond donors (Lipinski definition) is 30. The van der Waals surface area contributed by atoms with Gasteiger partial charge >= 0.3 is 11.9 Å². The first-order chi connectivity index (χ1) is 57.5. The molecule has 6 aliphatic heterocycles. The van der Waals surface area contributed by atoms with Crippen LogP contribution < -0.4 is 25.4 Å². The third-order valence-corrected chi connectivity index (χ3v) is 21.9. The van der Waals surface area contributed by atoms with E-state index < -0.39 is 383 Å². The van der Waals surface area contributed by atoms with Crippen LogP contribution in [0.25, 0.3) is 0 Å². The third kappa shape index (κ3) is 17.7. The van der Waals surface area contributed by atoms with E-state index in [1.54, 1.807) is 0 Å². The fourth-order valence-electron chi connectivity index (χ4n) is 15.8. The molecule has 0 radical (unpaired) electrons. The maximum Gasteiger partial charge on any atom is 0.338 e. The topological polar surface area (TPSA) is 769 Å². The number of rotatable bonds is 24. The highest BCUT2D eigenvalue weighted by molar-refractivity contribution is 5.91. The van der Waals surface area contributed by atoms with Crippen LogP contribution in [0, 0.1) is 5.92 Å². The number of aliphatic hydroxyl groups is 13. The van der Waals surface area contributed by atoms with E-state index in [0.717, 1.165) is 51.1 Å². The van der Waals surface area contributed by atoms with Gasteiger partial charge in [-0.25, -0.2) is 9.59 Å². The molecule has 666 valence electrons. The fraction of sp³-hybridized carbons (Fsp3) is 0.487. The highest BCUT2D eigenvalue weighted by Gasteiger charge is 2.58. The van der Waals surface area contributed by atoms with Gasteiger partial charge in [0, 0.05) is 97.0 Å². The largest absolute Gasteiger partial charge is 0.508 e. The van der Waals surface area contributed by atoms with Crippen molar-refractivity contribution in [3.05, 3.63) is 111 Å². The Hall–Kier alpha value is -11.4. The number of nitrogens with one attached hydrogen (secondary N) is 3. The number of esters is 1. The zero-order chi connectivity index (χ0) is 89.1. The number of benzene rings is 5. The van der Waals surface area contributed by atoms with Crippen molar-refractivity contribution in [2.75, 3.05) is 26.4 Å². The van der Waals surface area contributed by atoms with E-state index in [2.05, 4.69) is 16.0 Å². The summed E-state index contributed by atoms with van der Waals surface area (Å²) in [6.07, 6.45) is -50.2. The second-order valence-corrected chi connectivity index (χ2v) is 30.0. The molecule has 122 heavy (non-hydrogen) atoms. The van der Waals surface area contributed by atoms with Crippen LogP contribution in [0.2, 0.25) is 0 Å². The monoisotopic (exact) mass is 1730 g/mol. The molecule has 5 aromatic carbocycles. The molecule has 0 bridgehead atoms. The molecule has 5 aromatic rings.